The van der Waals surface area contributed by atoms with Crippen LogP contribution in [0.5, 0.6) is 0 Å². The summed E-state index contributed by atoms with van der Waals surface area (Å²) in [5.74, 6) is -0.116. The Morgan fingerprint density at radius 1 is 0.789 bits per heavy atom. The van der Waals surface area contributed by atoms with Crippen LogP contribution in [-0.4, -0.2) is 0 Å². The lowest BCUT2D eigenvalue weighted by atomic mass is 10.0. The van der Waals surface area contributed by atoms with Crippen molar-refractivity contribution < 1.29 is 4.39 Å². The zero-order valence-electron chi connectivity index (χ0n) is 12.5. The third kappa shape index (κ3) is 4.86. The van der Waals surface area contributed by atoms with E-state index < -0.39 is 0 Å². The highest BCUT2D eigenvalue weighted by Gasteiger charge is 1.94. The molecule has 0 aromatic heterocycles. The molecule has 19 heavy (non-hydrogen) atoms. The Morgan fingerprint density at radius 3 is 1.74 bits per heavy atom. The molecule has 0 spiro atoms. The Morgan fingerprint density at radius 2 is 1.32 bits per heavy atom. The van der Waals surface area contributed by atoms with Gasteiger partial charge in [-0.1, -0.05) is 42.8 Å². The molecule has 0 aliphatic carbocycles. The smallest absolute Gasteiger partial charge is 0.126 e. The van der Waals surface area contributed by atoms with Gasteiger partial charge in [0.05, 0.1) is 0 Å². The van der Waals surface area contributed by atoms with Gasteiger partial charge in [-0.3, -0.25) is 0 Å². The molecule has 0 fully saturated rings. The van der Waals surface area contributed by atoms with E-state index in [0.717, 1.165) is 12.0 Å². The minimum absolute atomic E-state index is 0.116. The van der Waals surface area contributed by atoms with Crippen LogP contribution in [0.15, 0.2) is 36.4 Å². The van der Waals surface area contributed by atoms with Gasteiger partial charge < -0.3 is 0 Å². The van der Waals surface area contributed by atoms with E-state index in [1.54, 1.807) is 13.0 Å². The van der Waals surface area contributed by atoms with Gasteiger partial charge in [-0.2, -0.15) is 0 Å². The first-order chi connectivity index (χ1) is 8.93. The van der Waals surface area contributed by atoms with Gasteiger partial charge in [0.1, 0.15) is 5.82 Å². The Balaban J connectivity index is 0.000000191. The minimum Gasteiger partial charge on any atom is -0.207 e. The molecule has 2 rings (SSSR count). The van der Waals surface area contributed by atoms with Crippen LogP contribution in [0, 0.1) is 33.5 Å². The van der Waals surface area contributed by atoms with Crippen LogP contribution in [0.4, 0.5) is 4.39 Å². The Hall–Kier alpha value is -1.63. The number of rotatable bonds is 1. The highest BCUT2D eigenvalue weighted by atomic mass is 19.1. The van der Waals surface area contributed by atoms with Gasteiger partial charge in [0.25, 0.3) is 0 Å². The lowest BCUT2D eigenvalue weighted by molar-refractivity contribution is 0.617. The molecule has 102 valence electrons. The van der Waals surface area contributed by atoms with Gasteiger partial charge >= 0.3 is 0 Å². The molecule has 0 atom stereocenters. The van der Waals surface area contributed by atoms with Crippen LogP contribution in [0.3, 0.4) is 0 Å². The van der Waals surface area contributed by atoms with Gasteiger partial charge in [0, 0.05) is 0 Å². The Labute approximate surface area is 116 Å². The second-order valence-corrected chi connectivity index (χ2v) is 5.04. The number of halogens is 1. The molecule has 0 aliphatic heterocycles. The highest BCUT2D eigenvalue weighted by Crippen LogP contribution is 2.10. The van der Waals surface area contributed by atoms with Crippen molar-refractivity contribution in [2.24, 2.45) is 0 Å². The van der Waals surface area contributed by atoms with E-state index in [-0.39, 0.29) is 5.82 Å². The van der Waals surface area contributed by atoms with Crippen molar-refractivity contribution in [3.05, 3.63) is 70.0 Å². The lowest BCUT2D eigenvalue weighted by Crippen LogP contribution is -1.86. The third-order valence-corrected chi connectivity index (χ3v) is 3.21. The van der Waals surface area contributed by atoms with Crippen LogP contribution >= 0.6 is 0 Å². The van der Waals surface area contributed by atoms with Crippen LogP contribution in [-0.2, 0) is 6.42 Å². The van der Waals surface area contributed by atoms with E-state index >= 15 is 0 Å². The number of hydrogen-bond acceptors (Lipinski definition) is 0. The monoisotopic (exact) mass is 258 g/mol. The topological polar surface area (TPSA) is 0 Å². The molecule has 0 heterocycles. The van der Waals surface area contributed by atoms with Crippen molar-refractivity contribution in [1.29, 1.82) is 0 Å². The molecule has 0 radical (unpaired) electrons. The van der Waals surface area contributed by atoms with Gasteiger partial charge in [-0.05, 0) is 62.4 Å². The maximum Gasteiger partial charge on any atom is 0.126 e. The summed E-state index contributed by atoms with van der Waals surface area (Å²) in [6, 6.07) is 11.8. The summed E-state index contributed by atoms with van der Waals surface area (Å²) in [4.78, 5) is 0. The highest BCUT2D eigenvalue weighted by molar-refractivity contribution is 5.30. The number of hydrogen-bond donors (Lipinski definition) is 0. The molecular weight excluding hydrogens is 235 g/mol. The van der Waals surface area contributed by atoms with Crippen molar-refractivity contribution in [2.45, 2.75) is 41.0 Å². The molecule has 0 saturated heterocycles. The van der Waals surface area contributed by atoms with E-state index in [4.69, 9.17) is 0 Å². The largest absolute Gasteiger partial charge is 0.207 e. The van der Waals surface area contributed by atoms with E-state index in [9.17, 15) is 4.39 Å². The Kier molecular flexibility index (Phi) is 5.75. The predicted octanol–water partition coefficient (Wildman–Crippen LogP) is 5.31. The number of benzene rings is 2. The summed E-state index contributed by atoms with van der Waals surface area (Å²) in [6.45, 7) is 10.1. The molecule has 0 N–H and O–H groups in total. The van der Waals surface area contributed by atoms with Crippen molar-refractivity contribution >= 4 is 0 Å². The standard InChI is InChI=1S/C10H14.C8H9F/c1-4-10-7-8(2)5-6-9(10)3;1-6-3-4-7(2)8(9)5-6/h5-7H,4H2,1-3H3;3-5H,1-2H3. The quantitative estimate of drug-likeness (QED) is 0.650. The van der Waals surface area contributed by atoms with Crippen LogP contribution in [0.2, 0.25) is 0 Å². The van der Waals surface area contributed by atoms with E-state index in [2.05, 4.69) is 39.0 Å². The fourth-order valence-electron chi connectivity index (χ4n) is 1.88. The molecule has 2 aromatic carbocycles. The van der Waals surface area contributed by atoms with Crippen molar-refractivity contribution in [3.63, 3.8) is 0 Å². The van der Waals surface area contributed by atoms with Gasteiger partial charge in [0.2, 0.25) is 0 Å². The second-order valence-electron chi connectivity index (χ2n) is 5.04. The molecule has 2 aromatic rings. The predicted molar refractivity (Wildman–Crippen MR) is 81.2 cm³/mol. The first kappa shape index (κ1) is 15.4. The van der Waals surface area contributed by atoms with E-state index in [1.807, 2.05) is 13.0 Å². The van der Waals surface area contributed by atoms with Gasteiger partial charge in [0.15, 0.2) is 0 Å². The van der Waals surface area contributed by atoms with Crippen LogP contribution < -0.4 is 0 Å². The summed E-state index contributed by atoms with van der Waals surface area (Å²) in [7, 11) is 0. The zero-order chi connectivity index (χ0) is 14.4. The minimum atomic E-state index is -0.116. The van der Waals surface area contributed by atoms with Gasteiger partial charge in [-0.15, -0.1) is 0 Å². The van der Waals surface area contributed by atoms with E-state index in [0.29, 0.717) is 5.56 Å². The van der Waals surface area contributed by atoms with Crippen molar-refractivity contribution in [3.8, 4) is 0 Å². The molecule has 0 amide bonds. The Bertz CT molecular complexity index is 541. The second kappa shape index (κ2) is 7.08. The summed E-state index contributed by atoms with van der Waals surface area (Å²) in [6.07, 6.45) is 1.15. The molecule has 0 saturated carbocycles. The molecule has 0 nitrogen and oxygen atoms in total. The molecule has 1 heteroatoms. The fourth-order valence-corrected chi connectivity index (χ4v) is 1.88. The normalized spacial score (nSPS) is 9.79. The summed E-state index contributed by atoms with van der Waals surface area (Å²) < 4.78 is 12.6. The zero-order valence-corrected chi connectivity index (χ0v) is 12.5. The SMILES string of the molecule is CCc1cc(C)ccc1C.Cc1ccc(C)c(F)c1. The number of aryl methyl sites for hydroxylation is 5. The molecular formula is C18H23F. The first-order valence-corrected chi connectivity index (χ1v) is 6.73. The van der Waals surface area contributed by atoms with Crippen molar-refractivity contribution in [2.75, 3.05) is 0 Å². The van der Waals surface area contributed by atoms with E-state index in [1.165, 1.54) is 22.8 Å². The molecule has 0 bridgehead atoms. The summed E-state index contributed by atoms with van der Waals surface area (Å²) in [5, 5.41) is 0. The maximum absolute atomic E-state index is 12.6. The van der Waals surface area contributed by atoms with Crippen LogP contribution in [0.1, 0.15) is 34.7 Å². The first-order valence-electron chi connectivity index (χ1n) is 6.73. The average molecular weight is 258 g/mol. The molecule has 0 aliphatic rings. The average Bonchev–Trinajstić information content (AvgIpc) is 2.38. The van der Waals surface area contributed by atoms with Gasteiger partial charge in [-0.25, -0.2) is 4.39 Å². The molecule has 0 unspecified atom stereocenters. The third-order valence-electron chi connectivity index (χ3n) is 3.21. The lowest BCUT2D eigenvalue weighted by Gasteiger charge is -2.02. The van der Waals surface area contributed by atoms with Crippen molar-refractivity contribution in [1.82, 2.24) is 0 Å². The summed E-state index contributed by atoms with van der Waals surface area (Å²) >= 11 is 0. The summed E-state index contributed by atoms with van der Waals surface area (Å²) in [5.41, 5.74) is 5.93. The van der Waals surface area contributed by atoms with Crippen LogP contribution in [0.25, 0.3) is 0 Å². The maximum atomic E-state index is 12.6. The fraction of sp³-hybridized carbons (Fsp3) is 0.333.